The van der Waals surface area contributed by atoms with Crippen molar-refractivity contribution in [2.45, 2.75) is 6.54 Å². The fourth-order valence-corrected chi connectivity index (χ4v) is 3.96. The van der Waals surface area contributed by atoms with Crippen molar-refractivity contribution in [2.75, 3.05) is 38.2 Å². The summed E-state index contributed by atoms with van der Waals surface area (Å²) in [6.07, 6.45) is 0. The number of hydrogen-bond donors (Lipinski definition) is 2. The van der Waals surface area contributed by atoms with Crippen LogP contribution in [0.4, 0.5) is 5.69 Å². The molecule has 2 aromatic rings. The fraction of sp³-hybridized carbons (Fsp3) is 0.333. The minimum Gasteiger partial charge on any atom is -0.379 e. The lowest BCUT2D eigenvalue weighted by Crippen LogP contribution is -2.35. The van der Waals surface area contributed by atoms with E-state index in [9.17, 15) is 9.59 Å². The second-order valence-corrected chi connectivity index (χ2v) is 8.39. The van der Waals surface area contributed by atoms with E-state index in [0.717, 1.165) is 47.9 Å². The summed E-state index contributed by atoms with van der Waals surface area (Å²) in [6.45, 7) is 4.12. The highest BCUT2D eigenvalue weighted by molar-refractivity contribution is 9.11. The monoisotopic (exact) mass is 437 g/mol. The van der Waals surface area contributed by atoms with Gasteiger partial charge >= 0.3 is 0 Å². The van der Waals surface area contributed by atoms with Gasteiger partial charge in [0.05, 0.1) is 28.4 Å². The Balaban J connectivity index is 1.49. The fourth-order valence-electron chi connectivity index (χ4n) is 2.65. The van der Waals surface area contributed by atoms with Gasteiger partial charge in [-0.2, -0.15) is 0 Å². The van der Waals surface area contributed by atoms with Gasteiger partial charge in [0.2, 0.25) is 5.91 Å². The summed E-state index contributed by atoms with van der Waals surface area (Å²) >= 11 is 4.65. The summed E-state index contributed by atoms with van der Waals surface area (Å²) in [5.74, 6) is -0.505. The molecule has 1 aliphatic heterocycles. The summed E-state index contributed by atoms with van der Waals surface area (Å²) in [7, 11) is 0. The van der Waals surface area contributed by atoms with Gasteiger partial charge in [-0.15, -0.1) is 11.3 Å². The molecule has 1 saturated heterocycles. The second kappa shape index (κ2) is 9.27. The Hall–Kier alpha value is -1.74. The van der Waals surface area contributed by atoms with Crippen molar-refractivity contribution < 1.29 is 14.3 Å². The largest absolute Gasteiger partial charge is 0.379 e. The standard InChI is InChI=1S/C18H20BrN3O3S/c19-16-5-4-15(26-16)18(24)20-11-17(23)21-14-3-1-2-13(10-14)12-22-6-8-25-9-7-22/h1-5,10H,6-9,11-12H2,(H,20,24)(H,21,23). The van der Waals surface area contributed by atoms with Crippen molar-refractivity contribution in [3.05, 3.63) is 50.6 Å². The summed E-state index contributed by atoms with van der Waals surface area (Å²) < 4.78 is 6.24. The molecule has 8 heteroatoms. The topological polar surface area (TPSA) is 70.7 Å². The molecule has 2 amide bonds. The second-order valence-electron chi connectivity index (χ2n) is 5.92. The highest BCUT2D eigenvalue weighted by atomic mass is 79.9. The zero-order valence-corrected chi connectivity index (χ0v) is 16.6. The molecule has 2 N–H and O–H groups in total. The van der Waals surface area contributed by atoms with Crippen LogP contribution in [0.3, 0.4) is 0 Å². The number of thiophene rings is 1. The van der Waals surface area contributed by atoms with Crippen LogP contribution >= 0.6 is 27.3 Å². The van der Waals surface area contributed by atoms with E-state index in [1.165, 1.54) is 11.3 Å². The highest BCUT2D eigenvalue weighted by Gasteiger charge is 2.12. The maximum Gasteiger partial charge on any atom is 0.261 e. The first kappa shape index (κ1) is 19.0. The molecule has 138 valence electrons. The van der Waals surface area contributed by atoms with Crippen molar-refractivity contribution in [3.8, 4) is 0 Å². The van der Waals surface area contributed by atoms with Gasteiger partial charge < -0.3 is 15.4 Å². The Kier molecular flexibility index (Phi) is 6.79. The van der Waals surface area contributed by atoms with Crippen LogP contribution in [0.15, 0.2) is 40.2 Å². The lowest BCUT2D eigenvalue weighted by molar-refractivity contribution is -0.115. The van der Waals surface area contributed by atoms with E-state index in [4.69, 9.17) is 4.74 Å². The van der Waals surface area contributed by atoms with Crippen molar-refractivity contribution in [3.63, 3.8) is 0 Å². The van der Waals surface area contributed by atoms with E-state index in [1.54, 1.807) is 12.1 Å². The Morgan fingerprint density at radius 1 is 1.19 bits per heavy atom. The average Bonchev–Trinajstić information content (AvgIpc) is 3.07. The van der Waals surface area contributed by atoms with Crippen LogP contribution in [0, 0.1) is 0 Å². The van der Waals surface area contributed by atoms with Crippen molar-refractivity contribution in [1.82, 2.24) is 10.2 Å². The first-order valence-corrected chi connectivity index (χ1v) is 9.93. The van der Waals surface area contributed by atoms with Crippen LogP contribution < -0.4 is 10.6 Å². The van der Waals surface area contributed by atoms with Crippen LogP contribution in [-0.4, -0.2) is 49.6 Å². The highest BCUT2D eigenvalue weighted by Crippen LogP contribution is 2.21. The predicted octanol–water partition coefficient (Wildman–Crippen LogP) is 2.71. The third kappa shape index (κ3) is 5.63. The zero-order valence-electron chi connectivity index (χ0n) is 14.2. The van der Waals surface area contributed by atoms with Gasteiger partial charge in [0, 0.05) is 25.3 Å². The molecule has 1 aromatic carbocycles. The quantitative estimate of drug-likeness (QED) is 0.728. The molecule has 26 heavy (non-hydrogen) atoms. The van der Waals surface area contributed by atoms with Crippen molar-refractivity contribution >= 4 is 44.8 Å². The maximum atomic E-state index is 12.1. The SMILES string of the molecule is O=C(CNC(=O)c1ccc(Br)s1)Nc1cccc(CN2CCOCC2)c1. The molecule has 0 bridgehead atoms. The molecule has 1 aliphatic rings. The molecule has 0 aliphatic carbocycles. The van der Waals surface area contributed by atoms with Crippen LogP contribution in [0.25, 0.3) is 0 Å². The van der Waals surface area contributed by atoms with E-state index >= 15 is 0 Å². The van der Waals surface area contributed by atoms with Crippen LogP contribution in [0.2, 0.25) is 0 Å². The number of benzene rings is 1. The molecule has 0 spiro atoms. The molecule has 0 atom stereocenters. The minimum absolute atomic E-state index is 0.0674. The average molecular weight is 438 g/mol. The summed E-state index contributed by atoms with van der Waals surface area (Å²) in [5.41, 5.74) is 1.87. The molecule has 6 nitrogen and oxygen atoms in total. The predicted molar refractivity (Wildman–Crippen MR) is 106 cm³/mol. The lowest BCUT2D eigenvalue weighted by atomic mass is 10.2. The van der Waals surface area contributed by atoms with E-state index in [1.807, 2.05) is 24.3 Å². The van der Waals surface area contributed by atoms with Crippen molar-refractivity contribution in [1.29, 1.82) is 0 Å². The van der Waals surface area contributed by atoms with E-state index in [0.29, 0.717) is 4.88 Å². The van der Waals surface area contributed by atoms with Gasteiger partial charge in [-0.25, -0.2) is 0 Å². The third-order valence-electron chi connectivity index (χ3n) is 3.93. The molecule has 1 fully saturated rings. The van der Waals surface area contributed by atoms with Gasteiger partial charge in [-0.1, -0.05) is 12.1 Å². The number of amides is 2. The normalized spacial score (nSPS) is 14.8. The van der Waals surface area contributed by atoms with Crippen LogP contribution in [-0.2, 0) is 16.1 Å². The van der Waals surface area contributed by atoms with E-state index < -0.39 is 0 Å². The van der Waals surface area contributed by atoms with E-state index in [2.05, 4.69) is 31.5 Å². The number of halogens is 1. The minimum atomic E-state index is -0.253. The first-order chi connectivity index (χ1) is 12.6. The molecule has 0 radical (unpaired) electrons. The molecular formula is C18H20BrN3O3S. The Morgan fingerprint density at radius 3 is 2.73 bits per heavy atom. The lowest BCUT2D eigenvalue weighted by Gasteiger charge is -2.26. The van der Waals surface area contributed by atoms with Gasteiger partial charge in [0.15, 0.2) is 0 Å². The summed E-state index contributed by atoms with van der Waals surface area (Å²) in [5, 5.41) is 5.46. The summed E-state index contributed by atoms with van der Waals surface area (Å²) in [6, 6.07) is 11.3. The molecule has 0 saturated carbocycles. The Labute approximate surface area is 164 Å². The molecule has 2 heterocycles. The first-order valence-electron chi connectivity index (χ1n) is 8.32. The molecular weight excluding hydrogens is 418 g/mol. The van der Waals surface area contributed by atoms with E-state index in [-0.39, 0.29) is 18.4 Å². The van der Waals surface area contributed by atoms with Crippen molar-refractivity contribution in [2.24, 2.45) is 0 Å². The number of hydrogen-bond acceptors (Lipinski definition) is 5. The Bertz CT molecular complexity index is 775. The van der Waals surface area contributed by atoms with Crippen LogP contribution in [0.1, 0.15) is 15.2 Å². The number of nitrogens with one attached hydrogen (secondary N) is 2. The number of ether oxygens (including phenoxy) is 1. The number of nitrogens with zero attached hydrogens (tertiary/aromatic N) is 1. The number of carbonyl (C=O) groups is 2. The van der Waals surface area contributed by atoms with Gasteiger partial charge in [-0.05, 0) is 45.8 Å². The van der Waals surface area contributed by atoms with Gasteiger partial charge in [-0.3, -0.25) is 14.5 Å². The summed E-state index contributed by atoms with van der Waals surface area (Å²) in [4.78, 5) is 27.0. The molecule has 1 aromatic heterocycles. The number of anilines is 1. The smallest absolute Gasteiger partial charge is 0.261 e. The van der Waals surface area contributed by atoms with Crippen LogP contribution in [0.5, 0.6) is 0 Å². The number of morpholine rings is 1. The third-order valence-corrected chi connectivity index (χ3v) is 5.55. The zero-order chi connectivity index (χ0) is 18.4. The Morgan fingerprint density at radius 2 is 2.00 bits per heavy atom. The number of carbonyl (C=O) groups excluding carboxylic acids is 2. The van der Waals surface area contributed by atoms with Gasteiger partial charge in [0.1, 0.15) is 0 Å². The molecule has 0 unspecified atom stereocenters. The molecule has 3 rings (SSSR count). The number of rotatable bonds is 6. The maximum absolute atomic E-state index is 12.1. The van der Waals surface area contributed by atoms with Gasteiger partial charge in [0.25, 0.3) is 5.91 Å².